The van der Waals surface area contributed by atoms with Crippen LogP contribution in [0, 0.1) is 45.8 Å². The first-order valence-corrected chi connectivity index (χ1v) is 9.72. The molecule has 1 N–H and O–H groups in total. The maximum atomic E-state index is 11.9. The second-order valence-electron chi connectivity index (χ2n) is 9.27. The number of carbonyl (C=O) groups excluding carboxylic acids is 1. The van der Waals surface area contributed by atoms with Crippen LogP contribution in [0.15, 0.2) is 11.6 Å². The molecule has 3 fully saturated rings. The van der Waals surface area contributed by atoms with Gasteiger partial charge in [0.05, 0.1) is 6.07 Å². The molecule has 4 aliphatic carbocycles. The molecule has 0 aromatic heterocycles. The number of nitriles is 1. The maximum Gasteiger partial charge on any atom is 0.155 e. The van der Waals surface area contributed by atoms with Crippen LogP contribution in [-0.4, -0.2) is 17.0 Å². The highest BCUT2D eigenvalue weighted by atomic mass is 16.3. The Bertz CT molecular complexity index is 632. The van der Waals surface area contributed by atoms with Crippen molar-refractivity contribution in [2.24, 2.45) is 34.5 Å². The molecule has 0 aromatic carbocycles. The predicted molar refractivity (Wildman–Crippen MR) is 91.8 cm³/mol. The molecule has 0 amide bonds. The van der Waals surface area contributed by atoms with Gasteiger partial charge in [0.2, 0.25) is 0 Å². The van der Waals surface area contributed by atoms with Gasteiger partial charge in [-0.3, -0.25) is 4.79 Å². The second-order valence-corrected chi connectivity index (χ2v) is 9.27. The maximum absolute atomic E-state index is 11.9. The van der Waals surface area contributed by atoms with E-state index in [0.717, 1.165) is 32.1 Å². The third-order valence-electron chi connectivity index (χ3n) is 8.55. The van der Waals surface area contributed by atoms with Crippen molar-refractivity contribution in [3.8, 4) is 6.07 Å². The lowest BCUT2D eigenvalue weighted by Gasteiger charge is -2.58. The topological polar surface area (TPSA) is 61.1 Å². The first kappa shape index (κ1) is 16.3. The third-order valence-corrected chi connectivity index (χ3v) is 8.55. The molecule has 4 aliphatic rings. The largest absolute Gasteiger partial charge is 0.378 e. The Morgan fingerprint density at radius 2 is 1.96 bits per heavy atom. The highest BCUT2D eigenvalue weighted by molar-refractivity contribution is 5.91. The average Bonchev–Trinajstić information content (AvgIpc) is 2.92. The van der Waals surface area contributed by atoms with Crippen molar-refractivity contribution in [1.82, 2.24) is 0 Å². The van der Waals surface area contributed by atoms with Crippen molar-refractivity contribution in [3.05, 3.63) is 11.6 Å². The number of aliphatic hydroxyl groups excluding tert-OH is 1. The highest BCUT2D eigenvalue weighted by Gasteiger charge is 2.59. The molecule has 7 atom stereocenters. The van der Waals surface area contributed by atoms with Gasteiger partial charge in [-0.2, -0.15) is 5.26 Å². The van der Waals surface area contributed by atoms with Gasteiger partial charge in [0.1, 0.15) is 6.10 Å². The fourth-order valence-corrected chi connectivity index (χ4v) is 7.21. The van der Waals surface area contributed by atoms with Crippen LogP contribution in [0.4, 0.5) is 0 Å². The predicted octanol–water partition coefficient (Wildman–Crippen LogP) is 4.02. The normalized spacial score (nSPS) is 48.6. The monoisotopic (exact) mass is 327 g/mol. The Morgan fingerprint density at radius 3 is 2.71 bits per heavy atom. The Kier molecular flexibility index (Phi) is 3.69. The van der Waals surface area contributed by atoms with Crippen molar-refractivity contribution >= 4 is 5.78 Å². The summed E-state index contributed by atoms with van der Waals surface area (Å²) in [6.07, 6.45) is 9.62. The van der Waals surface area contributed by atoms with E-state index in [4.69, 9.17) is 0 Å². The molecule has 3 saturated carbocycles. The molecule has 0 spiro atoms. The SMILES string of the molecule is C[C@]12CC[C@H]3[C@@H](CCC4=CC(=O)CC[C@@]43C)[C@@H]1CC[C@@H]2C(O)C#N. The Morgan fingerprint density at radius 1 is 1.17 bits per heavy atom. The lowest BCUT2D eigenvalue weighted by atomic mass is 9.46. The van der Waals surface area contributed by atoms with E-state index in [0.29, 0.717) is 30.0 Å². The van der Waals surface area contributed by atoms with Gasteiger partial charge in [-0.25, -0.2) is 0 Å². The van der Waals surface area contributed by atoms with E-state index in [-0.39, 0.29) is 16.7 Å². The van der Waals surface area contributed by atoms with Crippen LogP contribution in [0.2, 0.25) is 0 Å². The van der Waals surface area contributed by atoms with E-state index in [2.05, 4.69) is 19.9 Å². The lowest BCUT2D eigenvalue weighted by molar-refractivity contribution is -0.117. The minimum absolute atomic E-state index is 0.123. The van der Waals surface area contributed by atoms with Crippen molar-refractivity contribution < 1.29 is 9.90 Å². The minimum atomic E-state index is -0.807. The number of rotatable bonds is 1. The van der Waals surface area contributed by atoms with E-state index in [1.807, 2.05) is 6.08 Å². The number of fused-ring (bicyclic) bond motifs is 5. The molecular weight excluding hydrogens is 298 g/mol. The van der Waals surface area contributed by atoms with Gasteiger partial charge in [0.15, 0.2) is 5.78 Å². The van der Waals surface area contributed by atoms with E-state index < -0.39 is 6.10 Å². The fourth-order valence-electron chi connectivity index (χ4n) is 7.21. The van der Waals surface area contributed by atoms with Crippen molar-refractivity contribution in [1.29, 1.82) is 5.26 Å². The minimum Gasteiger partial charge on any atom is -0.378 e. The van der Waals surface area contributed by atoms with Crippen LogP contribution in [0.25, 0.3) is 0 Å². The summed E-state index contributed by atoms with van der Waals surface area (Å²) in [5.74, 6) is 2.49. The first-order valence-electron chi connectivity index (χ1n) is 9.72. The molecule has 130 valence electrons. The molecule has 0 aromatic rings. The fraction of sp³-hybridized carbons (Fsp3) is 0.810. The van der Waals surface area contributed by atoms with E-state index in [1.165, 1.54) is 18.4 Å². The summed E-state index contributed by atoms with van der Waals surface area (Å²) in [5, 5.41) is 19.4. The molecule has 0 aliphatic heterocycles. The number of carbonyl (C=O) groups is 1. The summed E-state index contributed by atoms with van der Waals surface area (Å²) in [4.78, 5) is 11.9. The van der Waals surface area contributed by atoms with E-state index in [1.54, 1.807) is 0 Å². The van der Waals surface area contributed by atoms with Crippen LogP contribution in [0.1, 0.15) is 65.2 Å². The Hall–Kier alpha value is -1.14. The van der Waals surface area contributed by atoms with Gasteiger partial charge in [0, 0.05) is 12.3 Å². The Labute approximate surface area is 145 Å². The van der Waals surface area contributed by atoms with Crippen molar-refractivity contribution in [3.63, 3.8) is 0 Å². The zero-order chi connectivity index (χ0) is 17.1. The van der Waals surface area contributed by atoms with E-state index >= 15 is 0 Å². The van der Waals surface area contributed by atoms with Gasteiger partial charge < -0.3 is 5.11 Å². The molecule has 24 heavy (non-hydrogen) atoms. The standard InChI is InChI=1S/C21H29NO2/c1-20-9-7-14(23)11-13(20)3-4-15-16-5-6-18(19(24)12-22)21(16,2)10-8-17(15)20/h11,15-19,24H,3-10H2,1-2H3/t15-,16-,17-,18+,19?,20-,21-/m0/s1. The summed E-state index contributed by atoms with van der Waals surface area (Å²) in [6, 6.07) is 2.10. The zero-order valence-corrected chi connectivity index (χ0v) is 14.9. The summed E-state index contributed by atoms with van der Waals surface area (Å²) < 4.78 is 0. The molecule has 0 heterocycles. The molecule has 0 bridgehead atoms. The van der Waals surface area contributed by atoms with Gasteiger partial charge in [0.25, 0.3) is 0 Å². The number of allylic oxidation sites excluding steroid dienone is 1. The first-order chi connectivity index (χ1) is 11.4. The molecule has 4 rings (SSSR count). The molecule has 3 heteroatoms. The van der Waals surface area contributed by atoms with Gasteiger partial charge in [-0.15, -0.1) is 0 Å². The summed E-state index contributed by atoms with van der Waals surface area (Å²) in [6.45, 7) is 4.74. The van der Waals surface area contributed by atoms with Gasteiger partial charge in [-0.1, -0.05) is 19.4 Å². The number of ketones is 1. The van der Waals surface area contributed by atoms with Gasteiger partial charge in [-0.05, 0) is 79.6 Å². The Balaban J connectivity index is 1.65. The van der Waals surface area contributed by atoms with Crippen molar-refractivity contribution in [2.75, 3.05) is 0 Å². The van der Waals surface area contributed by atoms with Crippen LogP contribution >= 0.6 is 0 Å². The quantitative estimate of drug-likeness (QED) is 0.740. The third kappa shape index (κ3) is 2.08. The number of aliphatic hydroxyl groups is 1. The van der Waals surface area contributed by atoms with E-state index in [9.17, 15) is 15.2 Å². The summed E-state index contributed by atoms with van der Waals surface area (Å²) >= 11 is 0. The van der Waals surface area contributed by atoms with Crippen LogP contribution in [-0.2, 0) is 4.79 Å². The highest BCUT2D eigenvalue weighted by Crippen LogP contribution is 2.66. The molecule has 3 nitrogen and oxygen atoms in total. The lowest BCUT2D eigenvalue weighted by Crippen LogP contribution is -2.51. The summed E-state index contributed by atoms with van der Waals surface area (Å²) in [7, 11) is 0. The number of hydrogen-bond donors (Lipinski definition) is 1. The molecule has 0 saturated heterocycles. The van der Waals surface area contributed by atoms with Crippen LogP contribution in [0.3, 0.4) is 0 Å². The second kappa shape index (κ2) is 5.43. The smallest absolute Gasteiger partial charge is 0.155 e. The number of nitrogens with zero attached hydrogens (tertiary/aromatic N) is 1. The zero-order valence-electron chi connectivity index (χ0n) is 14.9. The summed E-state index contributed by atoms with van der Waals surface area (Å²) in [5.41, 5.74) is 1.75. The molecule has 1 unspecified atom stereocenters. The molecular formula is C21H29NO2. The number of hydrogen-bond acceptors (Lipinski definition) is 3. The molecule has 0 radical (unpaired) electrons. The van der Waals surface area contributed by atoms with Crippen LogP contribution in [0.5, 0.6) is 0 Å². The average molecular weight is 327 g/mol. The van der Waals surface area contributed by atoms with Gasteiger partial charge >= 0.3 is 0 Å². The van der Waals surface area contributed by atoms with Crippen molar-refractivity contribution in [2.45, 2.75) is 71.3 Å². The van der Waals surface area contributed by atoms with Crippen LogP contribution < -0.4 is 0 Å².